The molecule has 0 saturated heterocycles. The second-order valence-corrected chi connectivity index (χ2v) is 12.8. The normalized spacial score (nSPS) is 11.3. The molecule has 4 rings (SSSR count). The predicted octanol–water partition coefficient (Wildman–Crippen LogP) is 4.20. The minimum absolute atomic E-state index is 0.106. The Morgan fingerprint density at radius 1 is 0.952 bits per heavy atom. The Morgan fingerprint density at radius 3 is 2.24 bits per heavy atom. The summed E-state index contributed by atoms with van der Waals surface area (Å²) in [6.45, 7) is 8.88. The van der Waals surface area contributed by atoms with Gasteiger partial charge in [-0.1, -0.05) is 17.3 Å². The van der Waals surface area contributed by atoms with Gasteiger partial charge in [0.1, 0.15) is 4.90 Å². The lowest BCUT2D eigenvalue weighted by atomic mass is 10.2. The minimum Gasteiger partial charge on any atom is -0.399 e. The van der Waals surface area contributed by atoms with Crippen molar-refractivity contribution < 1.29 is 26.2 Å². The third-order valence-corrected chi connectivity index (χ3v) is 8.30. The monoisotopic (exact) mass is 615 g/mol. The fraction of sp³-hybridized carbons (Fsp3) is 0.222. The number of aryl methyl sites for hydroxylation is 2. The lowest BCUT2D eigenvalue weighted by Crippen LogP contribution is -2.42. The number of nitrogens with zero attached hydrogens (tertiary/aromatic N) is 2. The molecule has 2 aromatic carbocycles. The van der Waals surface area contributed by atoms with Gasteiger partial charge in [-0.2, -0.15) is 0 Å². The van der Waals surface area contributed by atoms with E-state index in [9.17, 15) is 21.6 Å². The highest BCUT2D eigenvalue weighted by atomic mass is 32.2. The molecule has 0 aliphatic heterocycles. The van der Waals surface area contributed by atoms with Crippen LogP contribution in [0.5, 0.6) is 0 Å². The van der Waals surface area contributed by atoms with Gasteiger partial charge in [0.2, 0.25) is 5.88 Å². The molecule has 2 heterocycles. The summed E-state index contributed by atoms with van der Waals surface area (Å²) in [6, 6.07) is 14.0. The lowest BCUT2D eigenvalue weighted by Gasteiger charge is -2.14. The first kappa shape index (κ1) is 31.9. The van der Waals surface area contributed by atoms with Crippen molar-refractivity contribution in [2.45, 2.75) is 50.5 Å². The van der Waals surface area contributed by atoms with Gasteiger partial charge in [-0.25, -0.2) is 31.1 Å². The average molecular weight is 616 g/mol. The largest absolute Gasteiger partial charge is 0.399 e. The maximum absolute atomic E-state index is 12.5. The number of carbonyl (C=O) groups excluding carboxylic acids is 1. The number of pyridine rings is 1. The molecule has 224 valence electrons. The van der Waals surface area contributed by atoms with Gasteiger partial charge in [0.25, 0.3) is 20.0 Å². The molecule has 42 heavy (non-hydrogen) atoms. The van der Waals surface area contributed by atoms with Gasteiger partial charge in [-0.15, -0.1) is 0 Å². The zero-order valence-electron chi connectivity index (χ0n) is 23.7. The van der Waals surface area contributed by atoms with Crippen LogP contribution in [0.3, 0.4) is 0 Å². The van der Waals surface area contributed by atoms with E-state index in [0.717, 1.165) is 11.3 Å². The Kier molecular flexibility index (Phi) is 10.1. The standard InChI is InChI=1S/C16H20N4O3S.C11H13N3O3S/c1-11(2)18-16(21)20-24(22,23)15-10-17-8-7-14(15)19-13-6-4-5-12(3)9-13;1-7-8(2)13-17-11(7)14-18(15,16)10-5-3-9(12)4-6-10/h4-11H,1-3H3,(H,17,19)(H2,18,20,21);3-6,14H,12H2,1-2H3. The molecule has 0 atom stereocenters. The zero-order valence-corrected chi connectivity index (χ0v) is 25.3. The molecule has 0 fully saturated rings. The molecule has 2 amide bonds. The number of rotatable bonds is 8. The Bertz CT molecular complexity index is 1750. The van der Waals surface area contributed by atoms with Crippen molar-refractivity contribution in [2.75, 3.05) is 15.8 Å². The van der Waals surface area contributed by atoms with E-state index in [4.69, 9.17) is 10.3 Å². The molecule has 2 aromatic heterocycles. The number of sulfonamides is 2. The molecular weight excluding hydrogens is 582 g/mol. The van der Waals surface area contributed by atoms with Crippen LogP contribution in [0.25, 0.3) is 0 Å². The SMILES string of the molecule is Cc1cccc(Nc2ccncc2S(=O)(=O)NC(=O)NC(C)C)c1.Cc1noc(NS(=O)(=O)c2ccc(N)cc2)c1C. The molecule has 4 aromatic rings. The van der Waals surface area contributed by atoms with Crippen molar-refractivity contribution in [3.8, 4) is 0 Å². The smallest absolute Gasteiger partial charge is 0.328 e. The number of hydrogen-bond acceptors (Lipinski definition) is 10. The van der Waals surface area contributed by atoms with Crippen LogP contribution in [0.2, 0.25) is 0 Å². The molecule has 13 nitrogen and oxygen atoms in total. The van der Waals surface area contributed by atoms with Gasteiger partial charge in [-0.3, -0.25) is 4.98 Å². The van der Waals surface area contributed by atoms with Gasteiger partial charge >= 0.3 is 6.03 Å². The van der Waals surface area contributed by atoms with Crippen LogP contribution in [0.4, 0.5) is 27.7 Å². The number of hydrogen-bond donors (Lipinski definition) is 5. The summed E-state index contributed by atoms with van der Waals surface area (Å²) in [6.07, 6.45) is 2.68. The molecular formula is C27H33N7O6S2. The van der Waals surface area contributed by atoms with E-state index in [-0.39, 0.29) is 21.7 Å². The number of aromatic nitrogens is 2. The van der Waals surface area contributed by atoms with E-state index in [0.29, 0.717) is 22.6 Å². The van der Waals surface area contributed by atoms with Gasteiger partial charge in [-0.05, 0) is 82.6 Å². The average Bonchev–Trinajstić information content (AvgIpc) is 3.20. The summed E-state index contributed by atoms with van der Waals surface area (Å²) in [4.78, 5) is 15.6. The van der Waals surface area contributed by atoms with E-state index >= 15 is 0 Å². The minimum atomic E-state index is -4.05. The maximum Gasteiger partial charge on any atom is 0.328 e. The molecule has 0 unspecified atom stereocenters. The fourth-order valence-electron chi connectivity index (χ4n) is 3.38. The predicted molar refractivity (Wildman–Crippen MR) is 160 cm³/mol. The van der Waals surface area contributed by atoms with Crippen molar-refractivity contribution in [3.05, 3.63) is 83.8 Å². The van der Waals surface area contributed by atoms with Crippen molar-refractivity contribution in [3.63, 3.8) is 0 Å². The summed E-state index contributed by atoms with van der Waals surface area (Å²) in [7, 11) is -7.73. The number of urea groups is 1. The van der Waals surface area contributed by atoms with Crippen LogP contribution in [0.15, 0.2) is 81.3 Å². The second kappa shape index (κ2) is 13.4. The van der Waals surface area contributed by atoms with Gasteiger partial charge in [0.05, 0.1) is 16.3 Å². The number of nitrogen functional groups attached to an aromatic ring is 1. The van der Waals surface area contributed by atoms with Crippen molar-refractivity contribution >= 4 is 49.0 Å². The summed E-state index contributed by atoms with van der Waals surface area (Å²) in [5.74, 6) is 0.129. The van der Waals surface area contributed by atoms with E-state index in [1.54, 1.807) is 27.7 Å². The van der Waals surface area contributed by atoms with Crippen LogP contribution >= 0.6 is 0 Å². The van der Waals surface area contributed by atoms with Gasteiger partial charge < -0.3 is 20.9 Å². The Labute approximate surface area is 245 Å². The maximum atomic E-state index is 12.5. The molecule has 6 N–H and O–H groups in total. The van der Waals surface area contributed by atoms with E-state index in [2.05, 4.69) is 25.5 Å². The summed E-state index contributed by atoms with van der Waals surface area (Å²) in [5, 5.41) is 9.20. The van der Waals surface area contributed by atoms with E-state index in [1.807, 2.05) is 35.9 Å². The van der Waals surface area contributed by atoms with Crippen LogP contribution in [0, 0.1) is 20.8 Å². The topological polar surface area (TPSA) is 198 Å². The van der Waals surface area contributed by atoms with Crippen LogP contribution < -0.4 is 25.8 Å². The molecule has 0 spiro atoms. The number of nitrogens with two attached hydrogens (primary N) is 1. The number of anilines is 4. The van der Waals surface area contributed by atoms with Crippen LogP contribution in [0.1, 0.15) is 30.7 Å². The molecule has 0 bridgehead atoms. The highest BCUT2D eigenvalue weighted by molar-refractivity contribution is 7.92. The number of nitrogens with one attached hydrogen (secondary N) is 4. The van der Waals surface area contributed by atoms with Crippen LogP contribution in [-0.4, -0.2) is 39.0 Å². The van der Waals surface area contributed by atoms with Crippen molar-refractivity contribution in [1.29, 1.82) is 0 Å². The first-order chi connectivity index (χ1) is 19.7. The molecule has 0 aliphatic rings. The van der Waals surface area contributed by atoms with Gasteiger partial charge in [0.15, 0.2) is 0 Å². The van der Waals surface area contributed by atoms with Crippen LogP contribution in [-0.2, 0) is 20.0 Å². The Hall–Kier alpha value is -4.63. The summed E-state index contributed by atoms with van der Waals surface area (Å²) < 4.78 is 58.2. The molecule has 0 saturated carbocycles. The van der Waals surface area contributed by atoms with Crippen molar-refractivity contribution in [2.24, 2.45) is 0 Å². The fourth-order valence-corrected chi connectivity index (χ4v) is 5.45. The number of amides is 2. The third kappa shape index (κ3) is 8.68. The van der Waals surface area contributed by atoms with Crippen molar-refractivity contribution in [1.82, 2.24) is 20.2 Å². The van der Waals surface area contributed by atoms with E-state index in [1.165, 1.54) is 42.7 Å². The summed E-state index contributed by atoms with van der Waals surface area (Å²) in [5.41, 5.74) is 9.42. The third-order valence-electron chi connectivity index (χ3n) is 5.59. The lowest BCUT2D eigenvalue weighted by molar-refractivity contribution is 0.243. The second-order valence-electron chi connectivity index (χ2n) is 9.50. The number of benzene rings is 2. The Morgan fingerprint density at radius 2 is 1.64 bits per heavy atom. The molecule has 0 aliphatic carbocycles. The van der Waals surface area contributed by atoms with E-state index < -0.39 is 26.1 Å². The molecule has 15 heteroatoms. The highest BCUT2D eigenvalue weighted by Gasteiger charge is 2.22. The highest BCUT2D eigenvalue weighted by Crippen LogP contribution is 2.25. The summed E-state index contributed by atoms with van der Waals surface area (Å²) >= 11 is 0. The quantitative estimate of drug-likeness (QED) is 0.179. The first-order valence-electron chi connectivity index (χ1n) is 12.6. The zero-order chi connectivity index (χ0) is 31.1. The number of carbonyl (C=O) groups is 1. The first-order valence-corrected chi connectivity index (χ1v) is 15.6. The molecule has 0 radical (unpaired) electrons. The van der Waals surface area contributed by atoms with Gasteiger partial charge in [0, 0.05) is 35.4 Å². The Balaban J connectivity index is 0.000000240.